The molecule has 5 heteroatoms. The van der Waals surface area contributed by atoms with Gasteiger partial charge >= 0.3 is 0 Å². The van der Waals surface area contributed by atoms with Crippen molar-refractivity contribution < 1.29 is 4.79 Å². The predicted molar refractivity (Wildman–Crippen MR) is 84.8 cm³/mol. The molecule has 1 aromatic heterocycles. The Morgan fingerprint density at radius 2 is 2.24 bits per heavy atom. The highest BCUT2D eigenvalue weighted by Crippen LogP contribution is 2.27. The predicted octanol–water partition coefficient (Wildman–Crippen LogP) is 2.91. The van der Waals surface area contributed by atoms with Crippen LogP contribution in [-0.4, -0.2) is 29.4 Å². The van der Waals surface area contributed by atoms with E-state index in [4.69, 9.17) is 0 Å². The Morgan fingerprint density at radius 1 is 1.48 bits per heavy atom. The van der Waals surface area contributed by atoms with Crippen molar-refractivity contribution in [3.63, 3.8) is 0 Å². The van der Waals surface area contributed by atoms with Gasteiger partial charge in [-0.3, -0.25) is 9.69 Å². The Kier molecular flexibility index (Phi) is 5.77. The molecule has 0 aromatic carbocycles. The van der Waals surface area contributed by atoms with Crippen LogP contribution in [0, 0.1) is 11.3 Å². The molecule has 1 aromatic rings. The first-order chi connectivity index (χ1) is 10.2. The van der Waals surface area contributed by atoms with Crippen LogP contribution in [-0.2, 0) is 11.3 Å². The molecule has 0 radical (unpaired) electrons. The molecule has 0 saturated heterocycles. The molecule has 1 aliphatic carbocycles. The molecule has 0 unspecified atom stereocenters. The van der Waals surface area contributed by atoms with E-state index in [1.165, 1.54) is 11.3 Å². The molecule has 0 aliphatic heterocycles. The molecule has 2 rings (SSSR count). The Bertz CT molecular complexity index is 486. The average Bonchev–Trinajstić information content (AvgIpc) is 3.00. The highest BCUT2D eigenvalue weighted by atomic mass is 32.1. The summed E-state index contributed by atoms with van der Waals surface area (Å²) in [4.78, 5) is 15.6. The average molecular weight is 305 g/mol. The Morgan fingerprint density at radius 3 is 2.81 bits per heavy atom. The molecule has 1 amide bonds. The van der Waals surface area contributed by atoms with E-state index in [1.807, 2.05) is 6.07 Å². The third kappa shape index (κ3) is 4.55. The van der Waals surface area contributed by atoms with Crippen LogP contribution in [0.1, 0.15) is 43.9 Å². The van der Waals surface area contributed by atoms with E-state index >= 15 is 0 Å². The Hall–Kier alpha value is -1.38. The molecule has 0 bridgehead atoms. The monoisotopic (exact) mass is 305 g/mol. The molecular weight excluding hydrogens is 282 g/mol. The van der Waals surface area contributed by atoms with Crippen molar-refractivity contribution in [1.82, 2.24) is 10.2 Å². The lowest BCUT2D eigenvalue weighted by Gasteiger charge is -2.32. The summed E-state index contributed by atoms with van der Waals surface area (Å²) in [5, 5.41) is 14.5. The van der Waals surface area contributed by atoms with Crippen molar-refractivity contribution in [3.8, 4) is 6.07 Å². The number of carbonyl (C=O) groups is 1. The van der Waals surface area contributed by atoms with E-state index in [0.29, 0.717) is 6.54 Å². The van der Waals surface area contributed by atoms with Gasteiger partial charge in [0.15, 0.2) is 0 Å². The Labute approximate surface area is 130 Å². The van der Waals surface area contributed by atoms with Crippen LogP contribution in [0.3, 0.4) is 0 Å². The molecule has 21 heavy (non-hydrogen) atoms. The highest BCUT2D eigenvalue weighted by molar-refractivity contribution is 7.09. The number of likely N-dealkylation sites (N-methyl/N-ethyl adjacent to an activating group) is 1. The summed E-state index contributed by atoms with van der Waals surface area (Å²) in [6.45, 7) is 4.03. The zero-order chi connectivity index (χ0) is 15.1. The van der Waals surface area contributed by atoms with Gasteiger partial charge in [0.25, 0.3) is 0 Å². The summed E-state index contributed by atoms with van der Waals surface area (Å²) in [7, 11) is 0. The smallest absolute Gasteiger partial charge is 0.235 e. The fourth-order valence-corrected chi connectivity index (χ4v) is 3.58. The van der Waals surface area contributed by atoms with Gasteiger partial charge in [-0.15, -0.1) is 11.3 Å². The second-order valence-corrected chi connectivity index (χ2v) is 6.72. The van der Waals surface area contributed by atoms with Gasteiger partial charge in [0.2, 0.25) is 5.91 Å². The minimum atomic E-state index is -0.627. The van der Waals surface area contributed by atoms with Crippen molar-refractivity contribution in [1.29, 1.82) is 5.26 Å². The number of hydrogen-bond donors (Lipinski definition) is 1. The lowest BCUT2D eigenvalue weighted by molar-refractivity contribution is -0.124. The normalized spacial score (nSPS) is 17.4. The van der Waals surface area contributed by atoms with E-state index in [1.54, 1.807) is 11.3 Å². The number of hydrogen-bond acceptors (Lipinski definition) is 4. The third-order valence-electron chi connectivity index (χ3n) is 4.07. The molecule has 1 fully saturated rings. The standard InChI is InChI=1S/C16H23N3OS/c1-2-19(11-14-7-6-10-21-14)12-15(20)18-16(13-17)8-4-3-5-9-16/h6-7,10H,2-5,8-9,11-12H2,1H3,(H,18,20). The van der Waals surface area contributed by atoms with Crippen LogP contribution in [0.5, 0.6) is 0 Å². The van der Waals surface area contributed by atoms with Crippen LogP contribution in [0.15, 0.2) is 17.5 Å². The number of nitriles is 1. The molecule has 1 heterocycles. The summed E-state index contributed by atoms with van der Waals surface area (Å²) in [5.74, 6) is -0.0307. The van der Waals surface area contributed by atoms with Gasteiger partial charge in [-0.2, -0.15) is 5.26 Å². The summed E-state index contributed by atoms with van der Waals surface area (Å²) in [5.41, 5.74) is -0.627. The van der Waals surface area contributed by atoms with Gasteiger partial charge in [-0.05, 0) is 30.8 Å². The number of nitrogens with one attached hydrogen (secondary N) is 1. The number of carbonyl (C=O) groups excluding carboxylic acids is 1. The summed E-state index contributed by atoms with van der Waals surface area (Å²) >= 11 is 1.71. The fraction of sp³-hybridized carbons (Fsp3) is 0.625. The van der Waals surface area contributed by atoms with Crippen LogP contribution in [0.4, 0.5) is 0 Å². The first-order valence-corrected chi connectivity index (χ1v) is 8.52. The number of thiophene rings is 1. The summed E-state index contributed by atoms with van der Waals surface area (Å²) < 4.78 is 0. The SMILES string of the molecule is CCN(CC(=O)NC1(C#N)CCCCC1)Cc1cccs1. The van der Waals surface area contributed by atoms with E-state index in [2.05, 4.69) is 34.7 Å². The second kappa shape index (κ2) is 7.58. The van der Waals surface area contributed by atoms with Crippen LogP contribution in [0.25, 0.3) is 0 Å². The third-order valence-corrected chi connectivity index (χ3v) is 4.93. The molecular formula is C16H23N3OS. The first kappa shape index (κ1) is 16.0. The molecule has 1 aliphatic rings. The van der Waals surface area contributed by atoms with Crippen LogP contribution in [0.2, 0.25) is 0 Å². The van der Waals surface area contributed by atoms with Crippen molar-refractivity contribution in [2.45, 2.75) is 51.1 Å². The molecule has 1 N–H and O–H groups in total. The fourth-order valence-electron chi connectivity index (χ4n) is 2.83. The minimum Gasteiger partial charge on any atom is -0.337 e. The summed E-state index contributed by atoms with van der Waals surface area (Å²) in [6, 6.07) is 6.45. The topological polar surface area (TPSA) is 56.1 Å². The second-order valence-electron chi connectivity index (χ2n) is 5.69. The first-order valence-electron chi connectivity index (χ1n) is 7.64. The van der Waals surface area contributed by atoms with E-state index < -0.39 is 5.54 Å². The minimum absolute atomic E-state index is 0.0307. The van der Waals surface area contributed by atoms with E-state index in [0.717, 1.165) is 38.8 Å². The van der Waals surface area contributed by atoms with Crippen molar-refractivity contribution in [2.75, 3.05) is 13.1 Å². The highest BCUT2D eigenvalue weighted by Gasteiger charge is 2.33. The van der Waals surface area contributed by atoms with Gasteiger partial charge in [-0.25, -0.2) is 0 Å². The van der Waals surface area contributed by atoms with E-state index in [-0.39, 0.29) is 5.91 Å². The van der Waals surface area contributed by atoms with Crippen LogP contribution >= 0.6 is 11.3 Å². The van der Waals surface area contributed by atoms with E-state index in [9.17, 15) is 10.1 Å². The quantitative estimate of drug-likeness (QED) is 0.879. The molecule has 114 valence electrons. The Balaban J connectivity index is 1.88. The van der Waals surface area contributed by atoms with Crippen LogP contribution < -0.4 is 5.32 Å². The lowest BCUT2D eigenvalue weighted by Crippen LogP contribution is -2.51. The van der Waals surface area contributed by atoms with Gasteiger partial charge in [-0.1, -0.05) is 32.3 Å². The maximum Gasteiger partial charge on any atom is 0.235 e. The maximum atomic E-state index is 12.3. The van der Waals surface area contributed by atoms with Gasteiger partial charge in [0.1, 0.15) is 5.54 Å². The van der Waals surface area contributed by atoms with Gasteiger partial charge in [0, 0.05) is 11.4 Å². The number of nitrogens with zero attached hydrogens (tertiary/aromatic N) is 2. The summed E-state index contributed by atoms with van der Waals surface area (Å²) in [6.07, 6.45) is 4.79. The zero-order valence-corrected chi connectivity index (χ0v) is 13.4. The van der Waals surface area contributed by atoms with Crippen molar-refractivity contribution >= 4 is 17.2 Å². The lowest BCUT2D eigenvalue weighted by atomic mass is 9.83. The number of amides is 1. The van der Waals surface area contributed by atoms with Crippen molar-refractivity contribution in [3.05, 3.63) is 22.4 Å². The maximum absolute atomic E-state index is 12.3. The molecule has 1 saturated carbocycles. The van der Waals surface area contributed by atoms with Gasteiger partial charge in [0.05, 0.1) is 12.6 Å². The number of rotatable bonds is 6. The van der Waals surface area contributed by atoms with Crippen molar-refractivity contribution in [2.24, 2.45) is 0 Å². The van der Waals surface area contributed by atoms with Gasteiger partial charge < -0.3 is 5.32 Å². The molecule has 0 atom stereocenters. The zero-order valence-electron chi connectivity index (χ0n) is 12.6. The molecule has 0 spiro atoms. The largest absolute Gasteiger partial charge is 0.337 e. The molecule has 4 nitrogen and oxygen atoms in total.